The maximum absolute atomic E-state index is 13.7. The van der Waals surface area contributed by atoms with Gasteiger partial charge in [0.25, 0.3) is 23.6 Å². The molecule has 2 aromatic rings. The second kappa shape index (κ2) is 22.2. The number of anilines is 2. The lowest BCUT2D eigenvalue weighted by Crippen LogP contribution is -2.46. The van der Waals surface area contributed by atoms with Crippen molar-refractivity contribution < 1.29 is 64.5 Å². The molecule has 0 aliphatic heterocycles. The number of hydrogen-bond acceptors (Lipinski definition) is 13. The first-order valence-electron chi connectivity index (χ1n) is 18.6. The predicted molar refractivity (Wildman–Crippen MR) is 213 cm³/mol. The van der Waals surface area contributed by atoms with Crippen molar-refractivity contribution in [2.24, 2.45) is 0 Å². The molecule has 0 spiro atoms. The third-order valence-electron chi connectivity index (χ3n) is 9.76. The summed E-state index contributed by atoms with van der Waals surface area (Å²) in [5.74, 6) is -4.18. The van der Waals surface area contributed by atoms with Crippen LogP contribution in [0.3, 0.4) is 0 Å². The summed E-state index contributed by atoms with van der Waals surface area (Å²) in [4.78, 5) is 83.5. The van der Waals surface area contributed by atoms with Crippen molar-refractivity contribution in [2.75, 3.05) is 75.6 Å². The fraction of sp³-hybridized carbons (Fsp3) is 0.538. The fourth-order valence-electron chi connectivity index (χ4n) is 7.15. The second-order valence-electron chi connectivity index (χ2n) is 13.9. The smallest absolute Gasteiger partial charge is 0.252 e. The molecule has 0 aliphatic rings. The van der Waals surface area contributed by atoms with Crippen LogP contribution >= 0.6 is 0 Å². The molecule has 19 nitrogen and oxygen atoms in total. The highest BCUT2D eigenvalue weighted by molar-refractivity contribution is 6.09. The average molecular weight is 819 g/mol. The van der Waals surface area contributed by atoms with E-state index in [1.165, 1.54) is 55.4 Å². The molecule has 0 aliphatic carbocycles. The van der Waals surface area contributed by atoms with Crippen molar-refractivity contribution in [3.8, 4) is 0 Å². The standard InChI is InChI=1S/C39H58N6O13/c1-19-30(36(55)40-9-11-46)21(3)34(23(5)32(19)38(57)42-27(15-48)16-49)44(25(7)52)13-29(54)14-45(26(8)53)35-22(4)31(37(56)41-10-12-47)20(2)33(24(35)6)39(58)43-28(17-50)18-51/h27-29,46-51,54H,9-18H2,1-8H3,(H,40,55)(H,41,56)(H,42,57)(H,43,58). The third-order valence-corrected chi connectivity index (χ3v) is 9.76. The molecule has 2 aromatic carbocycles. The number of nitrogens with one attached hydrogen (secondary N) is 4. The van der Waals surface area contributed by atoms with Crippen molar-refractivity contribution in [3.63, 3.8) is 0 Å². The fourth-order valence-corrected chi connectivity index (χ4v) is 7.15. The average Bonchev–Trinajstić information content (AvgIpc) is 3.16. The topological polar surface area (TPSA) is 299 Å². The number of hydrogen-bond donors (Lipinski definition) is 11. The molecule has 0 radical (unpaired) electrons. The van der Waals surface area contributed by atoms with Crippen LogP contribution in [0.4, 0.5) is 11.4 Å². The minimum Gasteiger partial charge on any atom is -0.395 e. The molecule has 0 heterocycles. The Balaban J connectivity index is 2.86. The van der Waals surface area contributed by atoms with Gasteiger partial charge in [-0.2, -0.15) is 0 Å². The number of aliphatic hydroxyl groups excluding tert-OH is 7. The molecule has 6 amide bonds. The number of carbonyl (C=O) groups excluding carboxylic acids is 6. The zero-order valence-corrected chi connectivity index (χ0v) is 34.3. The maximum Gasteiger partial charge on any atom is 0.252 e. The van der Waals surface area contributed by atoms with Crippen molar-refractivity contribution in [1.82, 2.24) is 21.3 Å². The van der Waals surface area contributed by atoms with E-state index in [4.69, 9.17) is 0 Å². The molecule has 0 unspecified atom stereocenters. The summed E-state index contributed by atoms with van der Waals surface area (Å²) in [5.41, 5.74) is 1.28. The van der Waals surface area contributed by atoms with Gasteiger partial charge in [-0.25, -0.2) is 0 Å². The van der Waals surface area contributed by atoms with Gasteiger partial charge in [0.2, 0.25) is 11.8 Å². The number of aliphatic hydroxyl groups is 7. The van der Waals surface area contributed by atoms with Crippen LogP contribution < -0.4 is 31.1 Å². The van der Waals surface area contributed by atoms with Gasteiger partial charge in [-0.05, 0) is 74.9 Å². The molecular formula is C39H58N6O13. The van der Waals surface area contributed by atoms with Crippen molar-refractivity contribution >= 4 is 46.8 Å². The Bertz CT molecular complexity index is 1730. The molecule has 0 saturated carbocycles. The Hall–Kier alpha value is -5.02. The quantitative estimate of drug-likeness (QED) is 0.0685. The van der Waals surface area contributed by atoms with E-state index >= 15 is 0 Å². The Morgan fingerprint density at radius 3 is 1.00 bits per heavy atom. The minimum absolute atomic E-state index is 0.0109. The molecule has 0 aromatic heterocycles. The van der Waals surface area contributed by atoms with Gasteiger partial charge in [-0.1, -0.05) is 0 Å². The van der Waals surface area contributed by atoms with Gasteiger partial charge in [0.15, 0.2) is 0 Å². The van der Waals surface area contributed by atoms with Crippen molar-refractivity contribution in [1.29, 1.82) is 0 Å². The van der Waals surface area contributed by atoms with Crippen LogP contribution in [0.25, 0.3) is 0 Å². The number of amides is 6. The summed E-state index contributed by atoms with van der Waals surface area (Å²) >= 11 is 0. The summed E-state index contributed by atoms with van der Waals surface area (Å²) in [5, 5.41) is 79.1. The second-order valence-corrected chi connectivity index (χ2v) is 13.9. The molecule has 19 heteroatoms. The molecule has 0 fully saturated rings. The normalized spacial score (nSPS) is 11.2. The molecule has 0 atom stereocenters. The summed E-state index contributed by atoms with van der Waals surface area (Å²) in [7, 11) is 0. The zero-order valence-electron chi connectivity index (χ0n) is 34.3. The van der Waals surface area contributed by atoms with E-state index in [9.17, 15) is 64.5 Å². The highest BCUT2D eigenvalue weighted by Crippen LogP contribution is 2.37. The first-order valence-corrected chi connectivity index (χ1v) is 18.6. The van der Waals surface area contributed by atoms with Gasteiger partial charge in [-0.15, -0.1) is 0 Å². The van der Waals surface area contributed by atoms with Gasteiger partial charge in [-0.3, -0.25) is 28.8 Å². The van der Waals surface area contributed by atoms with Crippen LogP contribution in [-0.4, -0.2) is 155 Å². The summed E-state index contributed by atoms with van der Waals surface area (Å²) in [6.45, 7) is 7.01. The Kier molecular flexibility index (Phi) is 18.8. The summed E-state index contributed by atoms with van der Waals surface area (Å²) in [6, 6.07) is -2.11. The Labute approximate surface area is 337 Å². The first kappa shape index (κ1) is 49.1. The first-order chi connectivity index (χ1) is 27.3. The SMILES string of the molecule is CC(=O)N(CC(O)CN(C(C)=O)c1c(C)c(C(=O)NCCO)c(C)c(C(=O)NC(CO)CO)c1C)c1c(C)c(C(=O)NCCO)c(C)c(C(=O)NC(CO)CO)c1C. The molecule has 322 valence electrons. The van der Waals surface area contributed by atoms with Crippen molar-refractivity contribution in [2.45, 2.75) is 73.6 Å². The molecule has 2 rings (SSSR count). The van der Waals surface area contributed by atoms with Gasteiger partial charge < -0.3 is 66.8 Å². The van der Waals surface area contributed by atoms with E-state index in [0.717, 1.165) is 9.80 Å². The summed E-state index contributed by atoms with van der Waals surface area (Å²) < 4.78 is 0. The molecule has 0 bridgehead atoms. The monoisotopic (exact) mass is 818 g/mol. The van der Waals surface area contributed by atoms with Crippen LogP contribution in [-0.2, 0) is 9.59 Å². The number of nitrogens with zero attached hydrogens (tertiary/aromatic N) is 2. The minimum atomic E-state index is -1.55. The van der Waals surface area contributed by atoms with Crippen molar-refractivity contribution in [3.05, 3.63) is 55.6 Å². The largest absolute Gasteiger partial charge is 0.395 e. The van der Waals surface area contributed by atoms with E-state index in [1.807, 2.05) is 0 Å². The number of carbonyl (C=O) groups is 6. The van der Waals surface area contributed by atoms with Crippen LogP contribution in [0.5, 0.6) is 0 Å². The maximum atomic E-state index is 13.7. The Morgan fingerprint density at radius 1 is 0.483 bits per heavy atom. The molecule has 58 heavy (non-hydrogen) atoms. The Morgan fingerprint density at radius 2 is 0.759 bits per heavy atom. The van der Waals surface area contributed by atoms with E-state index in [-0.39, 0.29) is 80.1 Å². The van der Waals surface area contributed by atoms with Crippen LogP contribution in [0, 0.1) is 41.5 Å². The summed E-state index contributed by atoms with van der Waals surface area (Å²) in [6.07, 6.45) is -1.55. The lowest BCUT2D eigenvalue weighted by molar-refractivity contribution is -0.117. The molecular weight excluding hydrogens is 760 g/mol. The van der Waals surface area contributed by atoms with E-state index in [1.54, 1.807) is 0 Å². The van der Waals surface area contributed by atoms with E-state index < -0.39 is 106 Å². The molecule has 0 saturated heterocycles. The highest BCUT2D eigenvalue weighted by atomic mass is 16.3. The lowest BCUT2D eigenvalue weighted by Gasteiger charge is -2.34. The highest BCUT2D eigenvalue weighted by Gasteiger charge is 2.33. The van der Waals surface area contributed by atoms with E-state index in [0.29, 0.717) is 0 Å². The zero-order chi connectivity index (χ0) is 44.2. The lowest BCUT2D eigenvalue weighted by atomic mass is 9.89. The van der Waals surface area contributed by atoms with Gasteiger partial charge in [0.1, 0.15) is 0 Å². The predicted octanol–water partition coefficient (Wildman–Crippen LogP) is -2.09. The van der Waals surface area contributed by atoms with E-state index in [2.05, 4.69) is 21.3 Å². The number of rotatable bonds is 20. The van der Waals surface area contributed by atoms with Gasteiger partial charge in [0.05, 0.1) is 82.3 Å². The third kappa shape index (κ3) is 11.1. The van der Waals surface area contributed by atoms with Crippen LogP contribution in [0.2, 0.25) is 0 Å². The number of benzene rings is 2. The molecule has 11 N–H and O–H groups in total. The van der Waals surface area contributed by atoms with Gasteiger partial charge in [0, 0.05) is 49.2 Å². The van der Waals surface area contributed by atoms with Crippen LogP contribution in [0.1, 0.15) is 88.7 Å². The van der Waals surface area contributed by atoms with Gasteiger partial charge >= 0.3 is 0 Å². The van der Waals surface area contributed by atoms with Crippen LogP contribution in [0.15, 0.2) is 0 Å².